The first kappa shape index (κ1) is 117. The number of hydrogen-bond donors (Lipinski definition) is 4. The van der Waals surface area contributed by atoms with Crippen molar-refractivity contribution in [2.45, 2.75) is 222 Å². The molecule has 1 saturated carbocycles. The summed E-state index contributed by atoms with van der Waals surface area (Å²) in [7, 11) is 2.43. The topological polar surface area (TPSA) is 411 Å². The second-order valence-corrected chi connectivity index (χ2v) is 36.1. The zero-order chi connectivity index (χ0) is 99.1. The van der Waals surface area contributed by atoms with Gasteiger partial charge in [0.2, 0.25) is 11.8 Å². The van der Waals surface area contributed by atoms with Gasteiger partial charge in [0.05, 0.1) is 59.9 Å². The Morgan fingerprint density at radius 2 is 0.977 bits per heavy atom. The van der Waals surface area contributed by atoms with Crippen molar-refractivity contribution in [1.82, 2.24) is 64.1 Å². The molecular weight excluding hydrogens is 1730 g/mol. The number of aliphatic carboxylic acids is 1. The van der Waals surface area contributed by atoms with Crippen LogP contribution in [0.2, 0.25) is 0 Å². The number of aromatic nitrogens is 10. The molecule has 9 rings (SSSR count). The van der Waals surface area contributed by atoms with Crippen LogP contribution in [-0.2, 0) is 68.6 Å². The lowest BCUT2D eigenvalue weighted by Gasteiger charge is -2.50. The number of amides is 2. The largest absolute Gasteiger partial charge is 0.513 e. The number of carbonyl (C=O) groups excluding carboxylic acids is 8. The first-order chi connectivity index (χ1) is 60.7. The molecule has 0 saturated heterocycles. The van der Waals surface area contributed by atoms with Gasteiger partial charge in [-0.2, -0.15) is 10.4 Å². The number of carboxylic acids is 1. The van der Waals surface area contributed by atoms with Gasteiger partial charge in [0.1, 0.15) is 49.1 Å². The number of nitriles is 1. The molecule has 0 spiro atoms. The van der Waals surface area contributed by atoms with E-state index in [0.29, 0.717) is 50.7 Å². The van der Waals surface area contributed by atoms with Gasteiger partial charge < -0.3 is 52.8 Å². The molecule has 2 aromatic carbocycles. The number of benzene rings is 2. The van der Waals surface area contributed by atoms with Crippen molar-refractivity contribution in [3.8, 4) is 40.6 Å². The van der Waals surface area contributed by atoms with Gasteiger partial charge in [-0.25, -0.2) is 48.1 Å². The summed E-state index contributed by atoms with van der Waals surface area (Å²) in [4.78, 5) is 130. The Kier molecular flexibility index (Phi) is 49.3. The lowest BCUT2D eigenvalue weighted by Crippen LogP contribution is -2.42. The van der Waals surface area contributed by atoms with Crippen molar-refractivity contribution in [1.29, 1.82) is 5.26 Å². The summed E-state index contributed by atoms with van der Waals surface area (Å²) >= 11 is 9.80. The van der Waals surface area contributed by atoms with E-state index in [1.807, 2.05) is 87.5 Å². The number of nitrogens with one attached hydrogen (secondary N) is 3. The summed E-state index contributed by atoms with van der Waals surface area (Å²) in [5.41, 5.74) is 6.54. The fourth-order valence-electron chi connectivity index (χ4n) is 13.6. The van der Waals surface area contributed by atoms with Crippen molar-refractivity contribution in [2.24, 2.45) is 40.4 Å². The molecule has 2 amide bonds. The molecule has 0 bridgehead atoms. The third-order valence-electron chi connectivity index (χ3n) is 20.7. The number of fused-ring (bicyclic) bond motifs is 2. The summed E-state index contributed by atoms with van der Waals surface area (Å²) in [5.74, 6) is 0.147. The minimum atomic E-state index is -1.16. The van der Waals surface area contributed by atoms with Crippen LogP contribution in [-0.4, -0.2) is 209 Å². The van der Waals surface area contributed by atoms with E-state index in [-0.39, 0.29) is 83.6 Å². The van der Waals surface area contributed by atoms with E-state index in [2.05, 4.69) is 203 Å². The maximum absolute atomic E-state index is 13.1. The number of pyridine rings is 1. The van der Waals surface area contributed by atoms with Crippen LogP contribution in [0.25, 0.3) is 43.8 Å². The SMILES string of the molecule is CC(c1nc(-c2ccc(C(C)(C)C)cc2)n[nH]1)C(C#N)C(=O)O.CC1CC(C(C)(C)C)C(C)C(C(C)(C)C)C1.CCN(CC)CC.CCOC(=O)CN(CC(=O)OCC)C(=O)Cl.COC(=O)Cl.F.[C-]#[N+]c1c(C)c2nc(-c3ccc(C(C)(C)C)cc3)[nH]n2c1OC(=O)N(CC(=O)OCC)CC(=O)OCC.[C-]#[N+]c1c(C)c2nc(C(C)(C)C)[nH]n2c1OC(=O)OC.c1ccncc1. The average Bonchev–Trinajstić information content (AvgIpc) is 1.58. The number of carbonyl (C=O) groups is 9. The fraction of sp³-hybridized carbons (Fsp3) is 0.564. The molecule has 722 valence electrons. The Morgan fingerprint density at radius 1 is 0.580 bits per heavy atom. The number of carboxylic acid groups (broad SMARTS) is 1. The zero-order valence-corrected chi connectivity index (χ0v) is 83.0. The van der Waals surface area contributed by atoms with Gasteiger partial charge in [0.15, 0.2) is 17.6 Å². The summed E-state index contributed by atoms with van der Waals surface area (Å²) in [6, 6.07) is 23.4. The van der Waals surface area contributed by atoms with Gasteiger partial charge in [-0.3, -0.25) is 58.7 Å². The lowest BCUT2D eigenvalue weighted by atomic mass is 9.55. The Bertz CT molecular complexity index is 4970. The predicted octanol–water partition coefficient (Wildman–Crippen LogP) is 20.2. The van der Waals surface area contributed by atoms with E-state index >= 15 is 0 Å². The number of esters is 4. The van der Waals surface area contributed by atoms with Crippen LogP contribution >= 0.6 is 23.2 Å². The van der Waals surface area contributed by atoms with Crippen LogP contribution in [0.1, 0.15) is 226 Å². The van der Waals surface area contributed by atoms with Crippen LogP contribution in [0.4, 0.5) is 35.3 Å². The van der Waals surface area contributed by atoms with E-state index < -0.39 is 77.8 Å². The molecule has 4 atom stereocenters. The molecule has 37 heteroatoms. The van der Waals surface area contributed by atoms with Gasteiger partial charge in [-0.1, -0.05) is 200 Å². The Labute approximate surface area is 780 Å². The van der Waals surface area contributed by atoms with E-state index in [1.54, 1.807) is 66.9 Å². The van der Waals surface area contributed by atoms with Crippen molar-refractivity contribution in [2.75, 3.05) is 86.5 Å². The number of methoxy groups -OCH3 is 2. The minimum Gasteiger partial charge on any atom is -0.480 e. The molecule has 8 aromatic rings. The first-order valence-electron chi connectivity index (χ1n) is 43.0. The third kappa shape index (κ3) is 37.8. The second kappa shape index (κ2) is 55.2. The third-order valence-corrected chi connectivity index (χ3v) is 21.1. The van der Waals surface area contributed by atoms with E-state index in [9.17, 15) is 43.2 Å². The molecule has 1 aliphatic carbocycles. The van der Waals surface area contributed by atoms with Gasteiger partial charge in [0, 0.05) is 57.6 Å². The molecule has 1 fully saturated rings. The number of hydrogen-bond acceptors (Lipinski definition) is 24. The molecular formula is C94H137Cl2FN16O18. The van der Waals surface area contributed by atoms with Crippen molar-refractivity contribution >= 4 is 98.8 Å². The highest BCUT2D eigenvalue weighted by atomic mass is 35.5. The maximum Gasteiger partial charge on any atom is 0.513 e. The second-order valence-electron chi connectivity index (χ2n) is 35.5. The number of nitrogens with zero attached hydrogens (tertiary/aromatic N) is 13. The van der Waals surface area contributed by atoms with E-state index in [1.165, 1.54) is 66.9 Å². The number of aromatic amines is 3. The highest BCUT2D eigenvalue weighted by Crippen LogP contribution is 2.52. The Balaban J connectivity index is 0.000000802. The number of halogens is 3. The molecule has 6 aromatic heterocycles. The molecule has 131 heavy (non-hydrogen) atoms. The summed E-state index contributed by atoms with van der Waals surface area (Å²) in [6.45, 7) is 73.7. The lowest BCUT2D eigenvalue weighted by molar-refractivity contribution is -0.148. The quantitative estimate of drug-likeness (QED) is 0.0161. The summed E-state index contributed by atoms with van der Waals surface area (Å²) < 4.78 is 40.9. The van der Waals surface area contributed by atoms with Gasteiger partial charge in [-0.05, 0) is 154 Å². The van der Waals surface area contributed by atoms with Crippen LogP contribution in [0.15, 0.2) is 79.1 Å². The minimum absolute atomic E-state index is 0. The standard InChI is InChI=1S/C26H31N5O6.C17H20N4O2.C16H32.C13H16N4O3.C9H14ClNO5.C6H15N.C5H5N.C2H3ClO2.FH/c1-8-35-19(32)14-30(15-20(33)36-9-2)25(34)37-24-21(27-7)16(3)23-28-22(29-31(23)24)17-10-12-18(13-11-17)26(4,5)6;1-10(13(9-18)16(22)23)14-19-15(21-20-14)11-5-7-12(8-6-11)17(2,3)4;1-11-9-13(15(3,4)5)12(2)14(10-11)16(6,7)8;1-7-8(14-5)10(20-12(18)19-6)17-9(7)15-11(16-17)13(2,3)4;1-3-15-7(12)5-11(9(10)14)6-8(13)16-4-2;1-4-7(5-2)6-3;1-2-4-6-5-3-1;1-5-2(3)4;/h10-13H,8-9,14-15H2,1-6H3,(H,28,29);5-8,10,13H,1-4H3,(H,22,23)(H,19,20,21);11-14H,9-10H2,1-8H3;1-4,6H3,(H,15,16);3-6H2,1-2H3;4-6H2,1-3H3;1-5H;1H3;1H. The number of H-pyrrole nitrogens is 3. The summed E-state index contributed by atoms with van der Waals surface area (Å²) in [5, 5.41) is 30.1. The van der Waals surface area contributed by atoms with Crippen molar-refractivity contribution < 1.29 is 90.9 Å². The van der Waals surface area contributed by atoms with Gasteiger partial charge in [0.25, 0.3) is 11.4 Å². The molecule has 34 nitrogen and oxygen atoms in total. The van der Waals surface area contributed by atoms with Gasteiger partial charge >= 0.3 is 52.9 Å². The van der Waals surface area contributed by atoms with Crippen LogP contribution in [0.5, 0.6) is 11.8 Å². The smallest absolute Gasteiger partial charge is 0.480 e. The molecule has 6 heterocycles. The van der Waals surface area contributed by atoms with Crippen LogP contribution < -0.4 is 9.47 Å². The Hall–Kier alpha value is -12.0. The molecule has 4 unspecified atom stereocenters. The fourth-order valence-corrected chi connectivity index (χ4v) is 13.7. The molecule has 1 aliphatic rings. The normalized spacial score (nSPS) is 14.3. The monoisotopic (exact) mass is 1870 g/mol. The Morgan fingerprint density at radius 3 is 1.30 bits per heavy atom. The van der Waals surface area contributed by atoms with Crippen LogP contribution in [0.3, 0.4) is 0 Å². The summed E-state index contributed by atoms with van der Waals surface area (Å²) in [6.07, 6.45) is 4.46. The molecule has 0 aliphatic heterocycles. The highest BCUT2D eigenvalue weighted by molar-refractivity contribution is 6.63. The number of ether oxygens (including phenoxy) is 8. The first-order valence-corrected chi connectivity index (χ1v) is 43.8. The van der Waals surface area contributed by atoms with Gasteiger partial charge in [-0.15, -0.1) is 0 Å². The average molecular weight is 1870 g/mol. The molecule has 4 N–H and O–H groups in total. The highest BCUT2D eigenvalue weighted by Gasteiger charge is 2.44. The molecule has 0 radical (unpaired) electrons. The van der Waals surface area contributed by atoms with E-state index in [4.69, 9.17) is 54.1 Å². The van der Waals surface area contributed by atoms with Crippen molar-refractivity contribution in [3.05, 3.63) is 136 Å². The van der Waals surface area contributed by atoms with Crippen molar-refractivity contribution in [3.63, 3.8) is 0 Å². The number of rotatable bonds is 22. The maximum atomic E-state index is 13.1. The van der Waals surface area contributed by atoms with E-state index in [0.717, 1.165) is 50.4 Å². The van der Waals surface area contributed by atoms with Crippen LogP contribution in [0, 0.1) is 78.7 Å². The zero-order valence-electron chi connectivity index (χ0n) is 81.5. The predicted molar refractivity (Wildman–Crippen MR) is 501 cm³/mol. The number of aryl methyl sites for hydroxylation is 2.